The van der Waals surface area contributed by atoms with Crippen LogP contribution in [-0.2, 0) is 0 Å². The van der Waals surface area contributed by atoms with E-state index in [2.05, 4.69) is 20.5 Å². The minimum atomic E-state index is -0.329. The summed E-state index contributed by atoms with van der Waals surface area (Å²) in [4.78, 5) is 16.2. The molecule has 0 fully saturated rings. The van der Waals surface area contributed by atoms with Crippen LogP contribution < -0.4 is 5.32 Å². The first-order valence-corrected chi connectivity index (χ1v) is 7.15. The Morgan fingerprint density at radius 1 is 1.22 bits per heavy atom. The summed E-state index contributed by atoms with van der Waals surface area (Å²) >= 11 is 0. The lowest BCUT2D eigenvalue weighted by Gasteiger charge is -2.13. The Labute approximate surface area is 132 Å². The quantitative estimate of drug-likeness (QED) is 0.778. The van der Waals surface area contributed by atoms with Gasteiger partial charge in [0.15, 0.2) is 0 Å². The average molecular weight is 310 g/mol. The van der Waals surface area contributed by atoms with Gasteiger partial charge < -0.3 is 5.32 Å². The van der Waals surface area contributed by atoms with Crippen molar-refractivity contribution in [3.63, 3.8) is 0 Å². The molecule has 3 rings (SSSR count). The van der Waals surface area contributed by atoms with Gasteiger partial charge in [-0.3, -0.25) is 14.9 Å². The zero-order valence-electron chi connectivity index (χ0n) is 12.5. The summed E-state index contributed by atoms with van der Waals surface area (Å²) in [6.45, 7) is 1.80. The second-order valence-corrected chi connectivity index (χ2v) is 5.15. The van der Waals surface area contributed by atoms with Gasteiger partial charge in [0.2, 0.25) is 0 Å². The van der Waals surface area contributed by atoms with Gasteiger partial charge in [0.05, 0.1) is 11.7 Å². The molecule has 1 amide bonds. The van der Waals surface area contributed by atoms with E-state index >= 15 is 0 Å². The molecule has 1 atom stereocenters. The summed E-state index contributed by atoms with van der Waals surface area (Å²) < 4.78 is 13.2. The Kier molecular flexibility index (Phi) is 4.14. The SMILES string of the molecule is C[C@@H](NC(=O)c1cc(-c2ccncc2)n[nH]1)c1cccc(F)c1. The molecule has 0 aliphatic carbocycles. The van der Waals surface area contributed by atoms with Crippen LogP contribution in [-0.4, -0.2) is 21.1 Å². The number of halogens is 1. The van der Waals surface area contributed by atoms with Crippen LogP contribution in [0.2, 0.25) is 0 Å². The Morgan fingerprint density at radius 2 is 2.00 bits per heavy atom. The fraction of sp³-hybridized carbons (Fsp3) is 0.118. The van der Waals surface area contributed by atoms with Crippen LogP contribution in [0.4, 0.5) is 4.39 Å². The zero-order valence-corrected chi connectivity index (χ0v) is 12.5. The molecule has 2 N–H and O–H groups in total. The van der Waals surface area contributed by atoms with Crippen molar-refractivity contribution >= 4 is 5.91 Å². The number of hydrogen-bond acceptors (Lipinski definition) is 3. The molecule has 2 aromatic heterocycles. The molecule has 2 heterocycles. The van der Waals surface area contributed by atoms with Crippen molar-refractivity contribution in [2.24, 2.45) is 0 Å². The first kappa shape index (κ1) is 14.9. The minimum absolute atomic E-state index is 0.297. The van der Waals surface area contributed by atoms with Crippen LogP contribution in [0.3, 0.4) is 0 Å². The number of hydrogen-bond donors (Lipinski definition) is 2. The predicted molar refractivity (Wildman–Crippen MR) is 84.1 cm³/mol. The van der Waals surface area contributed by atoms with Gasteiger partial charge in [-0.2, -0.15) is 5.10 Å². The molecular formula is C17H15FN4O. The number of rotatable bonds is 4. The van der Waals surface area contributed by atoms with Gasteiger partial charge >= 0.3 is 0 Å². The number of benzene rings is 1. The second-order valence-electron chi connectivity index (χ2n) is 5.15. The van der Waals surface area contributed by atoms with Gasteiger partial charge in [-0.05, 0) is 42.8 Å². The van der Waals surface area contributed by atoms with Gasteiger partial charge in [0, 0.05) is 18.0 Å². The number of nitrogens with zero attached hydrogens (tertiary/aromatic N) is 2. The van der Waals surface area contributed by atoms with Crippen molar-refractivity contribution in [2.75, 3.05) is 0 Å². The van der Waals surface area contributed by atoms with E-state index in [4.69, 9.17) is 0 Å². The Hall–Kier alpha value is -3.02. The number of amides is 1. The Bertz CT molecular complexity index is 816. The highest BCUT2D eigenvalue weighted by atomic mass is 19.1. The largest absolute Gasteiger partial charge is 0.344 e. The number of nitrogens with one attached hydrogen (secondary N) is 2. The smallest absolute Gasteiger partial charge is 0.269 e. The number of carbonyl (C=O) groups excluding carboxylic acids is 1. The van der Waals surface area contributed by atoms with Crippen molar-refractivity contribution < 1.29 is 9.18 Å². The minimum Gasteiger partial charge on any atom is -0.344 e. The lowest BCUT2D eigenvalue weighted by atomic mass is 10.1. The van der Waals surface area contributed by atoms with E-state index < -0.39 is 0 Å². The third kappa shape index (κ3) is 3.42. The van der Waals surface area contributed by atoms with Crippen LogP contribution in [0.25, 0.3) is 11.3 Å². The van der Waals surface area contributed by atoms with Crippen molar-refractivity contribution in [1.29, 1.82) is 0 Å². The van der Waals surface area contributed by atoms with Gasteiger partial charge in [0.25, 0.3) is 5.91 Å². The third-order valence-electron chi connectivity index (χ3n) is 3.49. The third-order valence-corrected chi connectivity index (χ3v) is 3.49. The predicted octanol–water partition coefficient (Wildman–Crippen LogP) is 3.10. The number of aromatic nitrogens is 3. The lowest BCUT2D eigenvalue weighted by molar-refractivity contribution is 0.0934. The fourth-order valence-corrected chi connectivity index (χ4v) is 2.24. The molecule has 0 aliphatic rings. The monoisotopic (exact) mass is 310 g/mol. The second kappa shape index (κ2) is 6.39. The number of carbonyl (C=O) groups is 1. The topological polar surface area (TPSA) is 70.7 Å². The van der Waals surface area contributed by atoms with E-state index in [0.717, 1.165) is 5.56 Å². The van der Waals surface area contributed by atoms with Crippen molar-refractivity contribution in [3.05, 3.63) is 71.9 Å². The Balaban J connectivity index is 1.73. The highest BCUT2D eigenvalue weighted by Crippen LogP contribution is 2.18. The first-order valence-electron chi connectivity index (χ1n) is 7.15. The van der Waals surface area contributed by atoms with Crippen LogP contribution in [0.5, 0.6) is 0 Å². The van der Waals surface area contributed by atoms with Crippen molar-refractivity contribution in [2.45, 2.75) is 13.0 Å². The molecule has 0 saturated heterocycles. The molecule has 23 heavy (non-hydrogen) atoms. The average Bonchev–Trinajstić information content (AvgIpc) is 3.06. The maximum absolute atomic E-state index is 13.2. The summed E-state index contributed by atoms with van der Waals surface area (Å²) in [5, 5.41) is 9.66. The van der Waals surface area contributed by atoms with E-state index in [0.29, 0.717) is 17.0 Å². The van der Waals surface area contributed by atoms with Gasteiger partial charge in [-0.25, -0.2) is 4.39 Å². The molecule has 6 heteroatoms. The molecular weight excluding hydrogens is 295 g/mol. The van der Waals surface area contributed by atoms with E-state index in [9.17, 15) is 9.18 Å². The molecule has 1 aromatic carbocycles. The van der Waals surface area contributed by atoms with E-state index in [1.54, 1.807) is 37.5 Å². The fourth-order valence-electron chi connectivity index (χ4n) is 2.24. The Morgan fingerprint density at radius 3 is 2.74 bits per heavy atom. The van der Waals surface area contributed by atoms with Crippen molar-refractivity contribution in [1.82, 2.24) is 20.5 Å². The maximum atomic E-state index is 13.2. The molecule has 0 bridgehead atoms. The van der Waals surface area contributed by atoms with Crippen LogP contribution >= 0.6 is 0 Å². The molecule has 3 aromatic rings. The number of aromatic amines is 1. The molecule has 0 spiro atoms. The summed E-state index contributed by atoms with van der Waals surface area (Å²) in [6.07, 6.45) is 3.32. The zero-order chi connectivity index (χ0) is 16.2. The summed E-state index contributed by atoms with van der Waals surface area (Å²) in [7, 11) is 0. The normalized spacial score (nSPS) is 11.9. The van der Waals surface area contributed by atoms with E-state index in [1.807, 2.05) is 12.1 Å². The standard InChI is InChI=1S/C17H15FN4O/c1-11(13-3-2-4-14(18)9-13)20-17(23)16-10-15(21-22-16)12-5-7-19-8-6-12/h2-11H,1H3,(H,20,23)(H,21,22)/t11-/m1/s1. The molecule has 0 unspecified atom stereocenters. The summed E-state index contributed by atoms with van der Waals surface area (Å²) in [6, 6.07) is 11.1. The lowest BCUT2D eigenvalue weighted by Crippen LogP contribution is -2.27. The molecule has 0 aliphatic heterocycles. The molecule has 0 radical (unpaired) electrons. The van der Waals surface area contributed by atoms with E-state index in [-0.39, 0.29) is 17.8 Å². The molecule has 116 valence electrons. The number of pyridine rings is 1. The first-order chi connectivity index (χ1) is 11.1. The number of H-pyrrole nitrogens is 1. The summed E-state index contributed by atoms with van der Waals surface area (Å²) in [5.74, 6) is -0.625. The molecule has 5 nitrogen and oxygen atoms in total. The van der Waals surface area contributed by atoms with Gasteiger partial charge in [-0.1, -0.05) is 12.1 Å². The van der Waals surface area contributed by atoms with Crippen molar-refractivity contribution in [3.8, 4) is 11.3 Å². The van der Waals surface area contributed by atoms with Gasteiger partial charge in [0.1, 0.15) is 11.5 Å². The molecule has 0 saturated carbocycles. The highest BCUT2D eigenvalue weighted by molar-refractivity contribution is 5.93. The van der Waals surface area contributed by atoms with Crippen LogP contribution in [0.15, 0.2) is 54.9 Å². The van der Waals surface area contributed by atoms with Crippen LogP contribution in [0, 0.1) is 5.82 Å². The highest BCUT2D eigenvalue weighted by Gasteiger charge is 2.15. The maximum Gasteiger partial charge on any atom is 0.269 e. The summed E-state index contributed by atoms with van der Waals surface area (Å²) in [5.41, 5.74) is 2.58. The van der Waals surface area contributed by atoms with Crippen LogP contribution in [0.1, 0.15) is 29.0 Å². The van der Waals surface area contributed by atoms with E-state index in [1.165, 1.54) is 12.1 Å². The van der Waals surface area contributed by atoms with Gasteiger partial charge in [-0.15, -0.1) is 0 Å².